The summed E-state index contributed by atoms with van der Waals surface area (Å²) in [5.41, 5.74) is 2.78. The molecule has 6 nitrogen and oxygen atoms in total. The predicted molar refractivity (Wildman–Crippen MR) is 132 cm³/mol. The van der Waals surface area contributed by atoms with Gasteiger partial charge in [-0.3, -0.25) is 8.99 Å². The summed E-state index contributed by atoms with van der Waals surface area (Å²) in [7, 11) is -2.39. The van der Waals surface area contributed by atoms with Crippen LogP contribution in [0.5, 0.6) is 5.75 Å². The van der Waals surface area contributed by atoms with Crippen molar-refractivity contribution in [2.45, 2.75) is 18.0 Å². The minimum Gasteiger partial charge on any atom is -0.489 e. The summed E-state index contributed by atoms with van der Waals surface area (Å²) >= 11 is 0. The SMILES string of the molecule is Cc1cccc2c1c(/C=C/c1ccc3c(c1)N(S(=O)(=O)c1cccc(C(F)(F)F)c1)CCO3)nn2C. The van der Waals surface area contributed by atoms with Crippen molar-refractivity contribution in [3.63, 3.8) is 0 Å². The van der Waals surface area contributed by atoms with Gasteiger partial charge in [-0.25, -0.2) is 8.42 Å². The number of halogens is 3. The van der Waals surface area contributed by atoms with Crippen LogP contribution in [0.2, 0.25) is 0 Å². The van der Waals surface area contributed by atoms with Gasteiger partial charge in [-0.05, 0) is 60.5 Å². The average Bonchev–Trinajstić information content (AvgIpc) is 3.18. The largest absolute Gasteiger partial charge is 0.489 e. The van der Waals surface area contributed by atoms with E-state index < -0.39 is 26.7 Å². The number of sulfonamides is 1. The van der Waals surface area contributed by atoms with Gasteiger partial charge in [0, 0.05) is 12.4 Å². The molecule has 0 aliphatic carbocycles. The smallest absolute Gasteiger partial charge is 0.416 e. The number of hydrogen-bond donors (Lipinski definition) is 0. The van der Waals surface area contributed by atoms with Crippen LogP contribution in [0, 0.1) is 6.92 Å². The Hall–Kier alpha value is -3.79. The number of fused-ring (bicyclic) bond motifs is 2. The second-order valence-electron chi connectivity index (χ2n) is 8.49. The van der Waals surface area contributed by atoms with Gasteiger partial charge in [0.1, 0.15) is 12.4 Å². The molecule has 0 atom stereocenters. The van der Waals surface area contributed by atoms with E-state index in [-0.39, 0.29) is 18.8 Å². The minimum absolute atomic E-state index is 0.0250. The minimum atomic E-state index is -4.65. The number of hydrogen-bond acceptors (Lipinski definition) is 4. The molecule has 4 aromatic rings. The third-order valence-electron chi connectivity index (χ3n) is 6.10. The van der Waals surface area contributed by atoms with Gasteiger partial charge in [-0.2, -0.15) is 18.3 Å². The van der Waals surface area contributed by atoms with E-state index in [0.29, 0.717) is 17.4 Å². The van der Waals surface area contributed by atoms with Crippen LogP contribution >= 0.6 is 0 Å². The Balaban J connectivity index is 1.52. The molecule has 0 saturated heterocycles. The second-order valence-corrected chi connectivity index (χ2v) is 10.4. The highest BCUT2D eigenvalue weighted by Crippen LogP contribution is 2.38. The lowest BCUT2D eigenvalue weighted by Crippen LogP contribution is -2.38. The van der Waals surface area contributed by atoms with Gasteiger partial charge in [0.25, 0.3) is 10.0 Å². The predicted octanol–water partition coefficient (Wildman–Crippen LogP) is 5.66. The molecular formula is C26H22F3N3O3S. The molecule has 0 spiro atoms. The molecule has 1 aromatic heterocycles. The van der Waals surface area contributed by atoms with Crippen LogP contribution < -0.4 is 9.04 Å². The molecule has 3 aromatic carbocycles. The molecule has 0 amide bonds. The summed E-state index contributed by atoms with van der Waals surface area (Å²) in [4.78, 5) is -0.429. The van der Waals surface area contributed by atoms with Gasteiger partial charge in [0.05, 0.1) is 33.9 Å². The molecule has 0 N–H and O–H groups in total. The number of alkyl halides is 3. The standard InChI is InChI=1S/C26H22F3N3O3S/c1-17-5-3-8-22-25(17)21(30-31(22)2)11-9-18-10-12-24-23(15-18)32(13-14-35-24)36(33,34)20-7-4-6-19(16-20)26(27,28)29/h3-12,15-16H,13-14H2,1-2H3/b11-9+. The van der Waals surface area contributed by atoms with Crippen molar-refractivity contribution < 1.29 is 26.3 Å². The summed E-state index contributed by atoms with van der Waals surface area (Å²) < 4.78 is 74.9. The van der Waals surface area contributed by atoms with Crippen molar-refractivity contribution in [3.8, 4) is 5.75 Å². The summed E-state index contributed by atoms with van der Waals surface area (Å²) in [6.45, 7) is 2.07. The Kier molecular flexibility index (Phi) is 5.78. The highest BCUT2D eigenvalue weighted by atomic mass is 32.2. The van der Waals surface area contributed by atoms with Crippen LogP contribution in [-0.4, -0.2) is 31.3 Å². The van der Waals surface area contributed by atoms with Gasteiger partial charge in [-0.15, -0.1) is 0 Å². The maximum absolute atomic E-state index is 13.4. The Morgan fingerprint density at radius 2 is 1.81 bits per heavy atom. The van der Waals surface area contributed by atoms with Gasteiger partial charge in [0.15, 0.2) is 0 Å². The van der Waals surface area contributed by atoms with Gasteiger partial charge >= 0.3 is 6.18 Å². The number of anilines is 1. The number of benzene rings is 3. The highest BCUT2D eigenvalue weighted by Gasteiger charge is 2.34. The zero-order chi connectivity index (χ0) is 25.7. The first-order valence-electron chi connectivity index (χ1n) is 11.1. The molecule has 36 heavy (non-hydrogen) atoms. The van der Waals surface area contributed by atoms with E-state index in [1.165, 1.54) is 0 Å². The molecule has 1 aliphatic rings. The first-order chi connectivity index (χ1) is 17.1. The van der Waals surface area contributed by atoms with Crippen LogP contribution in [0.15, 0.2) is 65.6 Å². The topological polar surface area (TPSA) is 64.4 Å². The fourth-order valence-electron chi connectivity index (χ4n) is 4.34. The normalized spacial score (nSPS) is 14.3. The van der Waals surface area contributed by atoms with E-state index in [0.717, 1.165) is 44.7 Å². The van der Waals surface area contributed by atoms with Crippen molar-refractivity contribution in [1.29, 1.82) is 0 Å². The number of rotatable bonds is 4. The van der Waals surface area contributed by atoms with Crippen molar-refractivity contribution in [2.75, 3.05) is 17.5 Å². The summed E-state index contributed by atoms with van der Waals surface area (Å²) in [5, 5.41) is 5.60. The van der Waals surface area contributed by atoms with Gasteiger partial charge in [-0.1, -0.05) is 30.3 Å². The fraction of sp³-hybridized carbons (Fsp3) is 0.192. The molecule has 186 valence electrons. The number of aryl methyl sites for hydroxylation is 2. The zero-order valence-corrected chi connectivity index (χ0v) is 20.3. The Morgan fingerprint density at radius 1 is 1.03 bits per heavy atom. The van der Waals surface area contributed by atoms with Crippen LogP contribution in [0.3, 0.4) is 0 Å². The van der Waals surface area contributed by atoms with Gasteiger partial charge in [0.2, 0.25) is 0 Å². The van der Waals surface area contributed by atoms with Crippen molar-refractivity contribution >= 4 is 38.8 Å². The number of aromatic nitrogens is 2. The van der Waals surface area contributed by atoms with Crippen LogP contribution in [0.25, 0.3) is 23.1 Å². The fourth-order valence-corrected chi connectivity index (χ4v) is 5.83. The number of nitrogens with zero attached hydrogens (tertiary/aromatic N) is 3. The van der Waals surface area contributed by atoms with E-state index in [4.69, 9.17) is 4.74 Å². The lowest BCUT2D eigenvalue weighted by Gasteiger charge is -2.31. The monoisotopic (exact) mass is 513 g/mol. The maximum atomic E-state index is 13.4. The molecule has 10 heteroatoms. The second kappa shape index (κ2) is 8.70. The Labute approximate surface area is 206 Å². The van der Waals surface area contributed by atoms with Crippen LogP contribution in [0.1, 0.15) is 22.4 Å². The molecule has 5 rings (SSSR count). The van der Waals surface area contributed by atoms with Crippen molar-refractivity contribution in [3.05, 3.63) is 83.0 Å². The molecule has 0 radical (unpaired) electrons. The van der Waals surface area contributed by atoms with Crippen LogP contribution in [-0.2, 0) is 23.2 Å². The highest BCUT2D eigenvalue weighted by molar-refractivity contribution is 7.92. The first kappa shape index (κ1) is 23.9. The maximum Gasteiger partial charge on any atom is 0.416 e. The lowest BCUT2D eigenvalue weighted by molar-refractivity contribution is -0.137. The Morgan fingerprint density at radius 3 is 2.58 bits per heavy atom. The third-order valence-corrected chi connectivity index (χ3v) is 7.91. The molecular weight excluding hydrogens is 491 g/mol. The van der Waals surface area contributed by atoms with E-state index >= 15 is 0 Å². The van der Waals surface area contributed by atoms with E-state index in [1.54, 1.807) is 22.9 Å². The van der Waals surface area contributed by atoms with E-state index in [1.807, 2.05) is 44.3 Å². The van der Waals surface area contributed by atoms with E-state index in [9.17, 15) is 21.6 Å². The van der Waals surface area contributed by atoms with Crippen molar-refractivity contribution in [1.82, 2.24) is 9.78 Å². The molecule has 0 unspecified atom stereocenters. The average molecular weight is 514 g/mol. The van der Waals surface area contributed by atoms with E-state index in [2.05, 4.69) is 5.10 Å². The summed E-state index contributed by atoms with van der Waals surface area (Å²) in [6, 6.07) is 14.8. The summed E-state index contributed by atoms with van der Waals surface area (Å²) in [6.07, 6.45) is -0.981. The van der Waals surface area contributed by atoms with Crippen molar-refractivity contribution in [2.24, 2.45) is 7.05 Å². The molecule has 0 fully saturated rings. The quantitative estimate of drug-likeness (QED) is 0.353. The first-order valence-corrected chi connectivity index (χ1v) is 12.6. The zero-order valence-electron chi connectivity index (χ0n) is 19.5. The van der Waals surface area contributed by atoms with Crippen LogP contribution in [0.4, 0.5) is 18.9 Å². The molecule has 0 saturated carbocycles. The number of ether oxygens (including phenoxy) is 1. The lowest BCUT2D eigenvalue weighted by atomic mass is 10.1. The third kappa shape index (κ3) is 4.21. The molecule has 0 bridgehead atoms. The molecule has 2 heterocycles. The molecule has 1 aliphatic heterocycles. The summed E-state index contributed by atoms with van der Waals surface area (Å²) in [5.74, 6) is 0.341. The Bertz CT molecular complexity index is 1610. The van der Waals surface area contributed by atoms with Gasteiger partial charge < -0.3 is 4.74 Å².